The quantitative estimate of drug-likeness (QED) is 0.802. The molecule has 0 bridgehead atoms. The van der Waals surface area contributed by atoms with E-state index < -0.39 is 12.6 Å². The molecule has 1 amide bonds. The molecule has 3 N–H and O–H groups in total. The Morgan fingerprint density at radius 2 is 1.91 bits per heavy atom. The highest BCUT2D eigenvalue weighted by atomic mass is 35.5. The fraction of sp³-hybridized carbons (Fsp3) is 0.500. The fourth-order valence-corrected chi connectivity index (χ4v) is 1.72. The smallest absolute Gasteiger partial charge is 0.380 e. The highest BCUT2D eigenvalue weighted by Gasteiger charge is 2.26. The SMILES string of the molecule is COC(CN)CC(=O)Nc1ccc(CCC(F)(F)F)cc1.Cl. The van der Waals surface area contributed by atoms with Crippen LogP contribution in [-0.4, -0.2) is 31.8 Å². The van der Waals surface area contributed by atoms with Crippen molar-refractivity contribution in [1.29, 1.82) is 0 Å². The molecule has 1 aromatic carbocycles. The van der Waals surface area contributed by atoms with Gasteiger partial charge in [0.25, 0.3) is 0 Å². The first-order valence-corrected chi connectivity index (χ1v) is 6.52. The Balaban J connectivity index is 0.00000441. The van der Waals surface area contributed by atoms with Crippen molar-refractivity contribution in [3.8, 4) is 0 Å². The Labute approximate surface area is 133 Å². The largest absolute Gasteiger partial charge is 0.389 e. The third-order valence-electron chi connectivity index (χ3n) is 2.94. The van der Waals surface area contributed by atoms with E-state index in [2.05, 4.69) is 5.32 Å². The molecular weight excluding hydrogens is 321 g/mol. The third kappa shape index (κ3) is 8.21. The molecule has 0 aliphatic heterocycles. The molecule has 0 fully saturated rings. The fourth-order valence-electron chi connectivity index (χ4n) is 1.72. The topological polar surface area (TPSA) is 64.3 Å². The Morgan fingerprint density at radius 1 is 1.32 bits per heavy atom. The summed E-state index contributed by atoms with van der Waals surface area (Å²) in [5, 5.41) is 2.64. The van der Waals surface area contributed by atoms with E-state index in [-0.39, 0.29) is 43.8 Å². The Kier molecular flexibility index (Phi) is 9.08. The summed E-state index contributed by atoms with van der Waals surface area (Å²) in [6.45, 7) is 0.236. The number of amides is 1. The number of benzene rings is 1. The predicted molar refractivity (Wildman–Crippen MR) is 81.2 cm³/mol. The van der Waals surface area contributed by atoms with Crippen molar-refractivity contribution in [1.82, 2.24) is 0 Å². The van der Waals surface area contributed by atoms with Gasteiger partial charge in [-0.3, -0.25) is 4.79 Å². The molecule has 0 radical (unpaired) electrons. The molecule has 0 spiro atoms. The number of alkyl halides is 3. The summed E-state index contributed by atoms with van der Waals surface area (Å²) < 4.78 is 41.3. The number of aryl methyl sites for hydroxylation is 1. The van der Waals surface area contributed by atoms with Crippen molar-refractivity contribution >= 4 is 24.0 Å². The molecule has 126 valence electrons. The first-order valence-electron chi connectivity index (χ1n) is 6.52. The van der Waals surface area contributed by atoms with Crippen LogP contribution in [0.4, 0.5) is 18.9 Å². The van der Waals surface area contributed by atoms with E-state index in [0.29, 0.717) is 11.3 Å². The van der Waals surface area contributed by atoms with Gasteiger partial charge >= 0.3 is 6.18 Å². The Hall–Kier alpha value is -1.31. The lowest BCUT2D eigenvalue weighted by Crippen LogP contribution is -2.28. The maximum absolute atomic E-state index is 12.1. The van der Waals surface area contributed by atoms with Crippen LogP contribution in [-0.2, 0) is 16.0 Å². The number of nitrogens with two attached hydrogens (primary N) is 1. The second kappa shape index (κ2) is 9.66. The summed E-state index contributed by atoms with van der Waals surface area (Å²) in [5.74, 6) is -0.254. The zero-order valence-electron chi connectivity index (χ0n) is 12.2. The van der Waals surface area contributed by atoms with E-state index in [4.69, 9.17) is 10.5 Å². The number of hydrogen-bond acceptors (Lipinski definition) is 3. The van der Waals surface area contributed by atoms with Gasteiger partial charge in [-0.25, -0.2) is 0 Å². The van der Waals surface area contributed by atoms with Crippen LogP contribution in [0.2, 0.25) is 0 Å². The van der Waals surface area contributed by atoms with Crippen LogP contribution in [0.1, 0.15) is 18.4 Å². The van der Waals surface area contributed by atoms with Gasteiger partial charge in [0.05, 0.1) is 12.5 Å². The molecule has 0 aromatic heterocycles. The van der Waals surface area contributed by atoms with Gasteiger partial charge in [0.1, 0.15) is 0 Å². The van der Waals surface area contributed by atoms with Crippen LogP contribution in [0, 0.1) is 0 Å². The highest BCUT2D eigenvalue weighted by Crippen LogP contribution is 2.22. The normalized spacial score (nSPS) is 12.4. The summed E-state index contributed by atoms with van der Waals surface area (Å²) >= 11 is 0. The lowest BCUT2D eigenvalue weighted by molar-refractivity contribution is -0.134. The maximum atomic E-state index is 12.1. The molecule has 0 saturated carbocycles. The van der Waals surface area contributed by atoms with Gasteiger partial charge < -0.3 is 15.8 Å². The first-order chi connectivity index (χ1) is 9.84. The predicted octanol–water partition coefficient (Wildman–Crippen LogP) is 2.91. The van der Waals surface area contributed by atoms with Crippen LogP contribution >= 0.6 is 12.4 Å². The monoisotopic (exact) mass is 340 g/mol. The van der Waals surface area contributed by atoms with E-state index in [1.807, 2.05) is 0 Å². The van der Waals surface area contributed by atoms with Crippen molar-refractivity contribution in [2.75, 3.05) is 19.0 Å². The van der Waals surface area contributed by atoms with E-state index in [1.165, 1.54) is 7.11 Å². The second-order valence-corrected chi connectivity index (χ2v) is 4.66. The average Bonchev–Trinajstić information content (AvgIpc) is 2.43. The van der Waals surface area contributed by atoms with Gasteiger partial charge in [-0.2, -0.15) is 13.2 Å². The van der Waals surface area contributed by atoms with Crippen molar-refractivity contribution in [3.05, 3.63) is 29.8 Å². The van der Waals surface area contributed by atoms with Crippen LogP contribution in [0.5, 0.6) is 0 Å². The molecule has 1 rings (SSSR count). The van der Waals surface area contributed by atoms with Crippen LogP contribution in [0.15, 0.2) is 24.3 Å². The van der Waals surface area contributed by atoms with Crippen LogP contribution in [0.3, 0.4) is 0 Å². The zero-order valence-corrected chi connectivity index (χ0v) is 13.0. The zero-order chi connectivity index (χ0) is 15.9. The van der Waals surface area contributed by atoms with Crippen molar-refractivity contribution < 1.29 is 22.7 Å². The minimum Gasteiger partial charge on any atom is -0.380 e. The van der Waals surface area contributed by atoms with E-state index in [9.17, 15) is 18.0 Å². The van der Waals surface area contributed by atoms with E-state index in [0.717, 1.165) is 0 Å². The van der Waals surface area contributed by atoms with E-state index >= 15 is 0 Å². The van der Waals surface area contributed by atoms with Gasteiger partial charge in [-0.15, -0.1) is 12.4 Å². The van der Waals surface area contributed by atoms with Crippen LogP contribution < -0.4 is 11.1 Å². The highest BCUT2D eigenvalue weighted by molar-refractivity contribution is 5.91. The molecule has 0 aliphatic carbocycles. The minimum atomic E-state index is -4.16. The van der Waals surface area contributed by atoms with E-state index in [1.54, 1.807) is 24.3 Å². The average molecular weight is 341 g/mol. The Bertz CT molecular complexity index is 448. The number of carbonyl (C=O) groups excluding carboxylic acids is 1. The van der Waals surface area contributed by atoms with Crippen molar-refractivity contribution in [2.24, 2.45) is 5.73 Å². The molecule has 0 saturated heterocycles. The van der Waals surface area contributed by atoms with Gasteiger partial charge in [-0.1, -0.05) is 12.1 Å². The molecule has 0 aliphatic rings. The van der Waals surface area contributed by atoms with Gasteiger partial charge in [0.2, 0.25) is 5.91 Å². The summed E-state index contributed by atoms with van der Waals surface area (Å²) in [4.78, 5) is 11.7. The minimum absolute atomic E-state index is 0. The second-order valence-electron chi connectivity index (χ2n) is 4.66. The van der Waals surface area contributed by atoms with Crippen molar-refractivity contribution in [3.63, 3.8) is 0 Å². The number of anilines is 1. The molecule has 1 unspecified atom stereocenters. The number of nitrogens with one attached hydrogen (secondary N) is 1. The molecule has 8 heteroatoms. The first kappa shape index (κ1) is 20.7. The summed E-state index contributed by atoms with van der Waals surface area (Å²) in [6.07, 6.45) is -5.31. The van der Waals surface area contributed by atoms with Gasteiger partial charge in [0, 0.05) is 25.8 Å². The molecular formula is C14H20ClF3N2O2. The number of hydrogen-bond donors (Lipinski definition) is 2. The van der Waals surface area contributed by atoms with Gasteiger partial charge in [-0.05, 0) is 24.1 Å². The molecule has 4 nitrogen and oxygen atoms in total. The summed E-state index contributed by atoms with van der Waals surface area (Å²) in [5.41, 5.74) is 6.52. The number of rotatable bonds is 7. The lowest BCUT2D eigenvalue weighted by Gasteiger charge is -2.13. The number of halogens is 4. The number of carbonyl (C=O) groups is 1. The number of ether oxygens (including phenoxy) is 1. The summed E-state index contributed by atoms with van der Waals surface area (Å²) in [7, 11) is 1.47. The molecule has 0 heterocycles. The molecule has 22 heavy (non-hydrogen) atoms. The van der Waals surface area contributed by atoms with Crippen molar-refractivity contribution in [2.45, 2.75) is 31.5 Å². The van der Waals surface area contributed by atoms with Crippen LogP contribution in [0.25, 0.3) is 0 Å². The van der Waals surface area contributed by atoms with Gasteiger partial charge in [0.15, 0.2) is 0 Å². The lowest BCUT2D eigenvalue weighted by atomic mass is 10.1. The number of methoxy groups -OCH3 is 1. The molecule has 1 atom stereocenters. The standard InChI is InChI=1S/C14H19F3N2O2.ClH/c1-21-12(9-18)8-13(20)19-11-4-2-10(3-5-11)6-7-14(15,16)17;/h2-5,12H,6-9,18H2,1H3,(H,19,20);1H. The third-order valence-corrected chi connectivity index (χ3v) is 2.94. The maximum Gasteiger partial charge on any atom is 0.389 e. The Morgan fingerprint density at radius 3 is 2.36 bits per heavy atom. The summed E-state index contributed by atoms with van der Waals surface area (Å²) in [6, 6.07) is 6.29. The molecule has 1 aromatic rings.